The molecule has 0 radical (unpaired) electrons. The van der Waals surface area contributed by atoms with E-state index in [1.807, 2.05) is 0 Å². The Balaban J connectivity index is 2.41. The number of ether oxygens (including phenoxy) is 1. The number of nitrogens with two attached hydrogens (primary N) is 1. The number of benzene rings is 2. The van der Waals surface area contributed by atoms with Crippen molar-refractivity contribution in [2.24, 2.45) is 5.73 Å². The smallest absolute Gasteiger partial charge is 0.410 e. The fourth-order valence-corrected chi connectivity index (χ4v) is 2.32. The number of carbonyl (C=O) groups is 1. The van der Waals surface area contributed by atoms with Gasteiger partial charge in [0.05, 0.1) is 0 Å². The Hall–Kier alpha value is -3.88. The zero-order valence-corrected chi connectivity index (χ0v) is 12.4. The summed E-state index contributed by atoms with van der Waals surface area (Å²) in [6.45, 7) is 0. The van der Waals surface area contributed by atoms with Crippen LogP contribution in [0.15, 0.2) is 39.5 Å². The lowest BCUT2D eigenvalue weighted by Gasteiger charge is -2.11. The van der Waals surface area contributed by atoms with Gasteiger partial charge in [0.25, 0.3) is 0 Å². The Morgan fingerprint density at radius 3 is 2.36 bits per heavy atom. The van der Waals surface area contributed by atoms with Gasteiger partial charge in [-0.05, 0) is 18.2 Å². The molecule has 0 saturated heterocycles. The topological polar surface area (TPSA) is 163 Å². The van der Waals surface area contributed by atoms with Crippen LogP contribution in [-0.2, 0) is 0 Å². The van der Waals surface area contributed by atoms with Crippen LogP contribution < -0.4 is 15.9 Å². The molecule has 0 aliphatic heterocycles. The maximum Gasteiger partial charge on any atom is 0.410 e. The first-order valence-corrected chi connectivity index (χ1v) is 6.80. The lowest BCUT2D eigenvalue weighted by Crippen LogP contribution is -2.21. The second-order valence-electron chi connectivity index (χ2n) is 5.05. The third kappa shape index (κ3) is 2.74. The highest BCUT2D eigenvalue weighted by molar-refractivity contribution is 5.89. The van der Waals surface area contributed by atoms with E-state index in [-0.39, 0.29) is 28.0 Å². The normalized spacial score (nSPS) is 10.7. The number of carbonyl (C=O) groups excluding carboxylic acids is 1. The number of phenolic OH excluding ortho intramolecular Hbond substituents is 4. The molecule has 0 aliphatic rings. The quantitative estimate of drug-likeness (QED) is 0.438. The summed E-state index contributed by atoms with van der Waals surface area (Å²) in [7, 11) is 0. The van der Waals surface area contributed by atoms with Crippen LogP contribution >= 0.6 is 0 Å². The largest absolute Gasteiger partial charge is 0.508 e. The molecule has 128 valence electrons. The Labute approximate surface area is 138 Å². The molecule has 1 heterocycles. The number of hydrogen-bond acceptors (Lipinski definition) is 8. The first-order valence-electron chi connectivity index (χ1n) is 6.80. The molecule has 3 aromatic rings. The molecule has 0 atom stereocenters. The SMILES string of the molecule is NC(=O)Oc1c(-c2ccc(O)c(O)c2)oc2cc(O)cc(O)c2c1=O. The Morgan fingerprint density at radius 2 is 1.72 bits per heavy atom. The molecule has 9 heteroatoms. The molecule has 0 unspecified atom stereocenters. The molecule has 1 aromatic heterocycles. The van der Waals surface area contributed by atoms with Gasteiger partial charge in [-0.3, -0.25) is 4.79 Å². The molecule has 0 saturated carbocycles. The molecule has 1 amide bonds. The van der Waals surface area contributed by atoms with Crippen molar-refractivity contribution in [1.29, 1.82) is 0 Å². The van der Waals surface area contributed by atoms with Gasteiger partial charge in [-0.2, -0.15) is 0 Å². The lowest BCUT2D eigenvalue weighted by atomic mass is 10.1. The molecule has 0 spiro atoms. The molecule has 25 heavy (non-hydrogen) atoms. The molecule has 2 aromatic carbocycles. The zero-order valence-electron chi connectivity index (χ0n) is 12.4. The van der Waals surface area contributed by atoms with Crippen LogP contribution in [0.3, 0.4) is 0 Å². The number of amides is 1. The second-order valence-corrected chi connectivity index (χ2v) is 5.05. The third-order valence-corrected chi connectivity index (χ3v) is 3.36. The molecular weight excluding hydrogens is 334 g/mol. The van der Waals surface area contributed by atoms with E-state index in [1.54, 1.807) is 0 Å². The summed E-state index contributed by atoms with van der Waals surface area (Å²) < 4.78 is 10.2. The van der Waals surface area contributed by atoms with Gasteiger partial charge in [0.2, 0.25) is 11.2 Å². The summed E-state index contributed by atoms with van der Waals surface area (Å²) in [5, 5.41) is 38.1. The predicted molar refractivity (Wildman–Crippen MR) is 84.8 cm³/mol. The summed E-state index contributed by atoms with van der Waals surface area (Å²) >= 11 is 0. The van der Waals surface area contributed by atoms with Gasteiger partial charge in [0.1, 0.15) is 22.5 Å². The van der Waals surface area contributed by atoms with Crippen molar-refractivity contribution in [2.45, 2.75) is 0 Å². The summed E-state index contributed by atoms with van der Waals surface area (Å²) in [4.78, 5) is 23.7. The number of hydrogen-bond donors (Lipinski definition) is 5. The minimum Gasteiger partial charge on any atom is -0.508 e. The fraction of sp³-hybridized carbons (Fsp3) is 0. The molecule has 0 aliphatic carbocycles. The molecular formula is C16H11NO8. The lowest BCUT2D eigenvalue weighted by molar-refractivity contribution is 0.209. The van der Waals surface area contributed by atoms with E-state index in [9.17, 15) is 30.0 Å². The highest BCUT2D eigenvalue weighted by atomic mass is 16.6. The van der Waals surface area contributed by atoms with Gasteiger partial charge in [-0.1, -0.05) is 0 Å². The fourth-order valence-electron chi connectivity index (χ4n) is 2.32. The number of aromatic hydroxyl groups is 4. The standard InChI is InChI=1S/C16H11NO8/c17-16(23)25-15-13(22)12-10(21)4-7(18)5-11(12)24-14(15)6-1-2-8(19)9(20)3-6/h1-5,18-21H,(H2,17,23). The first-order chi connectivity index (χ1) is 11.8. The minimum atomic E-state index is -1.30. The Bertz CT molecular complexity index is 1070. The highest BCUT2D eigenvalue weighted by Crippen LogP contribution is 2.38. The van der Waals surface area contributed by atoms with Gasteiger partial charge in [0, 0.05) is 17.7 Å². The second kappa shape index (κ2) is 5.64. The van der Waals surface area contributed by atoms with Crippen molar-refractivity contribution in [3.8, 4) is 40.1 Å². The Morgan fingerprint density at radius 1 is 1.00 bits per heavy atom. The van der Waals surface area contributed by atoms with E-state index in [1.165, 1.54) is 6.07 Å². The number of primary amides is 1. The molecule has 6 N–H and O–H groups in total. The number of fused-ring (bicyclic) bond motifs is 1. The van der Waals surface area contributed by atoms with Crippen LogP contribution in [-0.4, -0.2) is 26.5 Å². The minimum absolute atomic E-state index is 0.0772. The Kier molecular flexibility index (Phi) is 3.61. The van der Waals surface area contributed by atoms with Crippen LogP contribution in [0.1, 0.15) is 0 Å². The summed E-state index contributed by atoms with van der Waals surface area (Å²) in [6, 6.07) is 5.47. The van der Waals surface area contributed by atoms with Crippen LogP contribution in [0.2, 0.25) is 0 Å². The van der Waals surface area contributed by atoms with Crippen molar-refractivity contribution in [3.05, 3.63) is 40.6 Å². The van der Waals surface area contributed by atoms with Gasteiger partial charge in [-0.25, -0.2) is 4.79 Å². The van der Waals surface area contributed by atoms with E-state index < -0.39 is 34.5 Å². The van der Waals surface area contributed by atoms with Crippen LogP contribution in [0.5, 0.6) is 28.7 Å². The van der Waals surface area contributed by atoms with Crippen molar-refractivity contribution in [2.75, 3.05) is 0 Å². The third-order valence-electron chi connectivity index (χ3n) is 3.36. The van der Waals surface area contributed by atoms with Crippen LogP contribution in [0.4, 0.5) is 4.79 Å². The average Bonchev–Trinajstić information content (AvgIpc) is 2.51. The maximum absolute atomic E-state index is 12.6. The van der Waals surface area contributed by atoms with Crippen molar-refractivity contribution >= 4 is 17.1 Å². The molecule has 3 rings (SSSR count). The first kappa shape index (κ1) is 16.0. The molecule has 0 bridgehead atoms. The van der Waals surface area contributed by atoms with Gasteiger partial charge < -0.3 is 35.3 Å². The van der Waals surface area contributed by atoms with E-state index in [2.05, 4.69) is 0 Å². The van der Waals surface area contributed by atoms with Gasteiger partial charge in [-0.15, -0.1) is 0 Å². The van der Waals surface area contributed by atoms with E-state index >= 15 is 0 Å². The van der Waals surface area contributed by atoms with Crippen molar-refractivity contribution in [3.63, 3.8) is 0 Å². The summed E-state index contributed by atoms with van der Waals surface area (Å²) in [5.41, 5.74) is 3.93. The van der Waals surface area contributed by atoms with E-state index in [4.69, 9.17) is 14.9 Å². The molecule has 9 nitrogen and oxygen atoms in total. The summed E-state index contributed by atoms with van der Waals surface area (Å²) in [5.74, 6) is -2.79. The molecule has 0 fully saturated rings. The number of phenols is 4. The van der Waals surface area contributed by atoms with Gasteiger partial charge in [0.15, 0.2) is 17.3 Å². The summed E-state index contributed by atoms with van der Waals surface area (Å²) in [6.07, 6.45) is -1.30. The van der Waals surface area contributed by atoms with Crippen molar-refractivity contribution in [1.82, 2.24) is 0 Å². The monoisotopic (exact) mass is 345 g/mol. The highest BCUT2D eigenvalue weighted by Gasteiger charge is 2.22. The predicted octanol–water partition coefficient (Wildman–Crippen LogP) is 1.74. The van der Waals surface area contributed by atoms with E-state index in [0.717, 1.165) is 24.3 Å². The maximum atomic E-state index is 12.6. The van der Waals surface area contributed by atoms with E-state index in [0.29, 0.717) is 0 Å². The van der Waals surface area contributed by atoms with Crippen LogP contribution in [0.25, 0.3) is 22.3 Å². The average molecular weight is 345 g/mol. The van der Waals surface area contributed by atoms with Crippen LogP contribution in [0, 0.1) is 0 Å². The number of rotatable bonds is 2. The van der Waals surface area contributed by atoms with Gasteiger partial charge >= 0.3 is 6.09 Å². The zero-order chi connectivity index (χ0) is 18.3. The van der Waals surface area contributed by atoms with Crippen molar-refractivity contribution < 1.29 is 34.4 Å².